The minimum atomic E-state index is -0.278. The van der Waals surface area contributed by atoms with Crippen molar-refractivity contribution < 1.29 is 14.6 Å². The highest BCUT2D eigenvalue weighted by molar-refractivity contribution is 5.14. The lowest BCUT2D eigenvalue weighted by atomic mass is 10.0. The van der Waals surface area contributed by atoms with E-state index in [9.17, 15) is 5.11 Å². The Morgan fingerprint density at radius 2 is 1.64 bits per heavy atom. The maximum Gasteiger partial charge on any atom is 0.122 e. The van der Waals surface area contributed by atoms with Gasteiger partial charge in [-0.2, -0.15) is 0 Å². The van der Waals surface area contributed by atoms with Gasteiger partial charge in [-0.25, -0.2) is 4.90 Å². The van der Waals surface area contributed by atoms with Gasteiger partial charge < -0.3 is 14.6 Å². The van der Waals surface area contributed by atoms with E-state index < -0.39 is 0 Å². The number of rotatable bonds is 1. The molecule has 2 unspecified atom stereocenters. The predicted octanol–water partition coefficient (Wildman–Crippen LogP) is 0.306. The van der Waals surface area contributed by atoms with E-state index in [1.54, 1.807) is 0 Å². The summed E-state index contributed by atoms with van der Waals surface area (Å²) in [5, 5.41) is 9.52. The number of aliphatic hydroxyl groups is 1. The fourth-order valence-corrected chi connectivity index (χ4v) is 3.38. The molecule has 0 aliphatic carbocycles. The first-order valence-electron chi connectivity index (χ1n) is 5.24. The summed E-state index contributed by atoms with van der Waals surface area (Å²) in [5.74, 6) is 0. The number of nitrogens with zero attached hydrogens (tertiary/aromatic N) is 1. The highest BCUT2D eigenvalue weighted by atomic mass is 16.6. The van der Waals surface area contributed by atoms with Crippen molar-refractivity contribution in [1.82, 2.24) is 4.90 Å². The standard InChI is InChI=1S/C10H17NO3/c1-8-3-4-9(2)11(8)10(5-12,6-13-8)7-14-9/h12H,3-7H2,1-2H3. The Bertz CT molecular complexity index is 261. The van der Waals surface area contributed by atoms with Crippen LogP contribution in [0.5, 0.6) is 0 Å². The topological polar surface area (TPSA) is 41.9 Å². The van der Waals surface area contributed by atoms with Crippen LogP contribution < -0.4 is 0 Å². The Labute approximate surface area is 83.8 Å². The van der Waals surface area contributed by atoms with Crippen LogP contribution in [-0.2, 0) is 9.47 Å². The molecule has 0 aromatic carbocycles. The van der Waals surface area contributed by atoms with Gasteiger partial charge in [0.2, 0.25) is 0 Å². The number of aliphatic hydroxyl groups excluding tert-OH is 1. The van der Waals surface area contributed by atoms with Gasteiger partial charge in [-0.3, -0.25) is 0 Å². The summed E-state index contributed by atoms with van der Waals surface area (Å²) in [7, 11) is 0. The molecule has 3 rings (SSSR count). The molecule has 3 aliphatic heterocycles. The highest BCUT2D eigenvalue weighted by Crippen LogP contribution is 2.55. The monoisotopic (exact) mass is 199 g/mol. The average molecular weight is 199 g/mol. The summed E-state index contributed by atoms with van der Waals surface area (Å²) >= 11 is 0. The van der Waals surface area contributed by atoms with Gasteiger partial charge >= 0.3 is 0 Å². The van der Waals surface area contributed by atoms with Crippen LogP contribution in [0.3, 0.4) is 0 Å². The molecule has 3 heterocycles. The van der Waals surface area contributed by atoms with Crippen molar-refractivity contribution in [3.05, 3.63) is 0 Å². The molecule has 3 aliphatic rings. The van der Waals surface area contributed by atoms with Crippen molar-refractivity contribution in [3.8, 4) is 0 Å². The van der Waals surface area contributed by atoms with Crippen molar-refractivity contribution >= 4 is 0 Å². The first-order valence-corrected chi connectivity index (χ1v) is 5.24. The summed E-state index contributed by atoms with van der Waals surface area (Å²) in [6.07, 6.45) is 1.98. The maximum atomic E-state index is 9.52. The second kappa shape index (κ2) is 2.32. The zero-order valence-electron chi connectivity index (χ0n) is 8.75. The molecular formula is C10H17NO3. The molecule has 2 atom stereocenters. The van der Waals surface area contributed by atoms with Crippen LogP contribution in [0.25, 0.3) is 0 Å². The third kappa shape index (κ3) is 0.795. The van der Waals surface area contributed by atoms with Gasteiger partial charge in [-0.1, -0.05) is 0 Å². The minimum absolute atomic E-state index is 0.123. The molecule has 3 fully saturated rings. The van der Waals surface area contributed by atoms with Gasteiger partial charge in [0.25, 0.3) is 0 Å². The van der Waals surface area contributed by atoms with E-state index in [1.165, 1.54) is 0 Å². The molecule has 4 nitrogen and oxygen atoms in total. The first-order chi connectivity index (χ1) is 6.55. The lowest BCUT2D eigenvalue weighted by molar-refractivity contribution is -0.125. The van der Waals surface area contributed by atoms with Crippen LogP contribution in [0.2, 0.25) is 0 Å². The molecule has 0 radical (unpaired) electrons. The SMILES string of the molecule is CC12CCC3(C)OCC(CO)(CO1)N23. The lowest BCUT2D eigenvalue weighted by Gasteiger charge is -2.37. The summed E-state index contributed by atoms with van der Waals surface area (Å²) in [6.45, 7) is 5.51. The van der Waals surface area contributed by atoms with E-state index in [0.717, 1.165) is 12.8 Å². The van der Waals surface area contributed by atoms with Crippen LogP contribution in [0, 0.1) is 0 Å². The summed E-state index contributed by atoms with van der Waals surface area (Å²) in [4.78, 5) is 2.26. The van der Waals surface area contributed by atoms with Crippen molar-refractivity contribution in [2.24, 2.45) is 0 Å². The van der Waals surface area contributed by atoms with Crippen molar-refractivity contribution in [2.75, 3.05) is 19.8 Å². The van der Waals surface area contributed by atoms with E-state index in [4.69, 9.17) is 9.47 Å². The third-order valence-corrected chi connectivity index (χ3v) is 4.07. The van der Waals surface area contributed by atoms with E-state index in [0.29, 0.717) is 13.2 Å². The van der Waals surface area contributed by atoms with Crippen molar-refractivity contribution in [2.45, 2.75) is 43.7 Å². The minimum Gasteiger partial charge on any atom is -0.394 e. The second-order valence-corrected chi connectivity index (χ2v) is 5.15. The van der Waals surface area contributed by atoms with E-state index in [1.807, 2.05) is 0 Å². The molecule has 0 spiro atoms. The van der Waals surface area contributed by atoms with Crippen molar-refractivity contribution in [1.29, 1.82) is 0 Å². The molecular weight excluding hydrogens is 182 g/mol. The Kier molecular flexibility index (Phi) is 1.51. The van der Waals surface area contributed by atoms with E-state index in [2.05, 4.69) is 18.7 Å². The normalized spacial score (nSPS) is 56.8. The number of hydrogen-bond donors (Lipinski definition) is 1. The zero-order chi connectivity index (χ0) is 10.0. The highest BCUT2D eigenvalue weighted by Gasteiger charge is 2.68. The predicted molar refractivity (Wildman–Crippen MR) is 49.6 cm³/mol. The zero-order valence-corrected chi connectivity index (χ0v) is 8.75. The van der Waals surface area contributed by atoms with Crippen LogP contribution in [0.15, 0.2) is 0 Å². The van der Waals surface area contributed by atoms with Crippen LogP contribution in [-0.4, -0.2) is 46.8 Å². The molecule has 0 aromatic heterocycles. The van der Waals surface area contributed by atoms with E-state index in [-0.39, 0.29) is 23.6 Å². The fraction of sp³-hybridized carbons (Fsp3) is 1.00. The largest absolute Gasteiger partial charge is 0.394 e. The van der Waals surface area contributed by atoms with Gasteiger partial charge in [-0.05, 0) is 26.7 Å². The van der Waals surface area contributed by atoms with Gasteiger partial charge in [0.15, 0.2) is 0 Å². The lowest BCUT2D eigenvalue weighted by Crippen LogP contribution is -2.55. The molecule has 14 heavy (non-hydrogen) atoms. The van der Waals surface area contributed by atoms with Gasteiger partial charge in [0, 0.05) is 0 Å². The summed E-state index contributed by atoms with van der Waals surface area (Å²) < 4.78 is 11.7. The quantitative estimate of drug-likeness (QED) is 0.660. The Morgan fingerprint density at radius 3 is 2.07 bits per heavy atom. The number of hydrogen-bond acceptors (Lipinski definition) is 4. The first kappa shape index (κ1) is 9.09. The molecule has 4 heteroatoms. The molecule has 0 saturated carbocycles. The molecule has 3 saturated heterocycles. The molecule has 80 valence electrons. The Morgan fingerprint density at radius 1 is 1.14 bits per heavy atom. The third-order valence-electron chi connectivity index (χ3n) is 4.07. The molecule has 1 N–H and O–H groups in total. The summed E-state index contributed by atoms with van der Waals surface area (Å²) in [6, 6.07) is 0. The molecule has 0 aromatic rings. The smallest absolute Gasteiger partial charge is 0.122 e. The van der Waals surface area contributed by atoms with Crippen molar-refractivity contribution in [3.63, 3.8) is 0 Å². The van der Waals surface area contributed by atoms with E-state index >= 15 is 0 Å². The second-order valence-electron chi connectivity index (χ2n) is 5.15. The van der Waals surface area contributed by atoms with Gasteiger partial charge in [0.1, 0.15) is 11.4 Å². The fourth-order valence-electron chi connectivity index (χ4n) is 3.38. The Hall–Kier alpha value is -0.160. The molecule has 0 amide bonds. The Balaban J connectivity index is 2.08. The number of ether oxygens (including phenoxy) is 2. The van der Waals surface area contributed by atoms with Crippen LogP contribution >= 0.6 is 0 Å². The van der Waals surface area contributed by atoms with Crippen LogP contribution in [0.4, 0.5) is 0 Å². The van der Waals surface area contributed by atoms with Gasteiger partial charge in [-0.15, -0.1) is 0 Å². The van der Waals surface area contributed by atoms with Crippen LogP contribution in [0.1, 0.15) is 26.7 Å². The van der Waals surface area contributed by atoms with Gasteiger partial charge in [0.05, 0.1) is 25.4 Å². The summed E-state index contributed by atoms with van der Waals surface area (Å²) in [5.41, 5.74) is -0.706. The molecule has 0 bridgehead atoms. The maximum absolute atomic E-state index is 9.52. The average Bonchev–Trinajstić information content (AvgIpc) is 2.72.